The van der Waals surface area contributed by atoms with Gasteiger partial charge in [0.1, 0.15) is 4.92 Å². The highest BCUT2D eigenvalue weighted by molar-refractivity contribution is 5.91. The highest BCUT2D eigenvalue weighted by atomic mass is 16.6. The average molecular weight is 336 g/mol. The molecule has 0 unspecified atom stereocenters. The molecule has 0 saturated carbocycles. The molecule has 0 aliphatic rings. The Morgan fingerprint density at radius 2 is 1.40 bits per heavy atom. The van der Waals surface area contributed by atoms with Crippen LogP contribution in [0.1, 0.15) is 21.7 Å². The molecular formula is C19H16N2O4. The zero-order valence-corrected chi connectivity index (χ0v) is 13.4. The fourth-order valence-corrected chi connectivity index (χ4v) is 2.50. The number of carbonyl (C=O) groups is 1. The summed E-state index contributed by atoms with van der Waals surface area (Å²) in [4.78, 5) is 24.5. The number of nitro groups is 1. The lowest BCUT2D eigenvalue weighted by Gasteiger charge is -2.22. The standard InChI is InChI=1S/C19H16N2O4/c22-19(17-11-12-18(25-17)21(23)24)20(13-15-7-3-1-4-8-15)14-16-9-5-2-6-10-16/h1-12H,13-14H2. The van der Waals surface area contributed by atoms with Crippen molar-refractivity contribution in [1.29, 1.82) is 0 Å². The molecule has 3 rings (SSSR count). The molecule has 2 aromatic carbocycles. The van der Waals surface area contributed by atoms with Crippen molar-refractivity contribution in [1.82, 2.24) is 4.90 Å². The van der Waals surface area contributed by atoms with E-state index in [9.17, 15) is 14.9 Å². The first-order chi connectivity index (χ1) is 12.1. The van der Waals surface area contributed by atoms with E-state index in [-0.39, 0.29) is 11.7 Å². The third-order valence-electron chi connectivity index (χ3n) is 3.70. The van der Waals surface area contributed by atoms with Crippen molar-refractivity contribution in [3.05, 3.63) is 99.8 Å². The quantitative estimate of drug-likeness (QED) is 0.503. The van der Waals surface area contributed by atoms with E-state index >= 15 is 0 Å². The van der Waals surface area contributed by atoms with E-state index in [2.05, 4.69) is 0 Å². The molecule has 126 valence electrons. The molecule has 1 amide bonds. The largest absolute Gasteiger partial charge is 0.433 e. The molecule has 0 fully saturated rings. The average Bonchev–Trinajstić information content (AvgIpc) is 3.13. The topological polar surface area (TPSA) is 76.6 Å². The van der Waals surface area contributed by atoms with Crippen molar-refractivity contribution >= 4 is 11.8 Å². The number of nitrogens with zero attached hydrogens (tertiary/aromatic N) is 2. The summed E-state index contributed by atoms with van der Waals surface area (Å²) in [7, 11) is 0. The summed E-state index contributed by atoms with van der Waals surface area (Å²) in [5, 5.41) is 10.8. The second-order valence-electron chi connectivity index (χ2n) is 5.53. The Morgan fingerprint density at radius 3 is 1.84 bits per heavy atom. The molecule has 0 atom stereocenters. The first kappa shape index (κ1) is 16.4. The van der Waals surface area contributed by atoms with Gasteiger partial charge in [0.2, 0.25) is 0 Å². The Kier molecular flexibility index (Phi) is 4.89. The lowest BCUT2D eigenvalue weighted by molar-refractivity contribution is -0.402. The third-order valence-corrected chi connectivity index (χ3v) is 3.70. The molecule has 0 bridgehead atoms. The van der Waals surface area contributed by atoms with Gasteiger partial charge in [0.05, 0.1) is 6.07 Å². The van der Waals surface area contributed by atoms with Crippen LogP contribution in [0.4, 0.5) is 5.88 Å². The first-order valence-electron chi connectivity index (χ1n) is 7.75. The van der Waals surface area contributed by atoms with E-state index < -0.39 is 10.8 Å². The molecule has 0 saturated heterocycles. The lowest BCUT2D eigenvalue weighted by atomic mass is 10.1. The van der Waals surface area contributed by atoms with Gasteiger partial charge in [-0.15, -0.1) is 0 Å². The minimum absolute atomic E-state index is 0.0430. The van der Waals surface area contributed by atoms with Crippen LogP contribution in [0.25, 0.3) is 0 Å². The minimum atomic E-state index is -0.657. The van der Waals surface area contributed by atoms with Gasteiger partial charge in [0.15, 0.2) is 5.76 Å². The molecule has 0 radical (unpaired) electrons. The van der Waals surface area contributed by atoms with Gasteiger partial charge >= 0.3 is 5.88 Å². The van der Waals surface area contributed by atoms with Crippen LogP contribution in [0.5, 0.6) is 0 Å². The maximum absolute atomic E-state index is 12.8. The molecular weight excluding hydrogens is 320 g/mol. The Balaban J connectivity index is 1.86. The monoisotopic (exact) mass is 336 g/mol. The van der Waals surface area contributed by atoms with Gasteiger partial charge in [-0.1, -0.05) is 60.7 Å². The van der Waals surface area contributed by atoms with Crippen LogP contribution in [0.2, 0.25) is 0 Å². The summed E-state index contributed by atoms with van der Waals surface area (Å²) in [6.07, 6.45) is 0. The van der Waals surface area contributed by atoms with E-state index in [4.69, 9.17) is 4.42 Å². The molecule has 0 spiro atoms. The first-order valence-corrected chi connectivity index (χ1v) is 7.75. The van der Waals surface area contributed by atoms with E-state index in [0.717, 1.165) is 11.1 Å². The summed E-state index contributed by atoms with van der Waals surface area (Å²) >= 11 is 0. The molecule has 6 nitrogen and oxygen atoms in total. The van der Waals surface area contributed by atoms with Crippen molar-refractivity contribution in [2.75, 3.05) is 0 Å². The van der Waals surface area contributed by atoms with E-state index in [1.54, 1.807) is 4.90 Å². The summed E-state index contributed by atoms with van der Waals surface area (Å²) in [6, 6.07) is 21.6. The van der Waals surface area contributed by atoms with E-state index in [1.807, 2.05) is 60.7 Å². The Hall–Kier alpha value is -3.41. The third kappa shape index (κ3) is 4.11. The molecule has 0 aliphatic heterocycles. The Labute approximate surface area is 144 Å². The maximum Gasteiger partial charge on any atom is 0.433 e. The van der Waals surface area contributed by atoms with Crippen LogP contribution in [0.15, 0.2) is 77.2 Å². The van der Waals surface area contributed by atoms with Gasteiger partial charge in [-0.05, 0) is 17.2 Å². The van der Waals surface area contributed by atoms with Gasteiger partial charge < -0.3 is 9.32 Å². The molecule has 0 N–H and O–H groups in total. The van der Waals surface area contributed by atoms with Gasteiger partial charge in [0.25, 0.3) is 5.91 Å². The van der Waals surface area contributed by atoms with Gasteiger partial charge in [-0.3, -0.25) is 14.9 Å². The molecule has 0 aliphatic carbocycles. The predicted molar refractivity (Wildman–Crippen MR) is 91.8 cm³/mol. The molecule has 3 aromatic rings. The van der Waals surface area contributed by atoms with Gasteiger partial charge in [0, 0.05) is 13.1 Å². The summed E-state index contributed by atoms with van der Waals surface area (Å²) in [5.74, 6) is -0.873. The summed E-state index contributed by atoms with van der Waals surface area (Å²) in [5.41, 5.74) is 1.93. The lowest BCUT2D eigenvalue weighted by Crippen LogP contribution is -2.29. The smallest absolute Gasteiger partial charge is 0.395 e. The second-order valence-corrected chi connectivity index (χ2v) is 5.53. The predicted octanol–water partition coefficient (Wildman–Crippen LogP) is 4.03. The fraction of sp³-hybridized carbons (Fsp3) is 0.105. The minimum Gasteiger partial charge on any atom is -0.395 e. The number of furan rings is 1. The van der Waals surface area contributed by atoms with Crippen LogP contribution < -0.4 is 0 Å². The highest BCUT2D eigenvalue weighted by Crippen LogP contribution is 2.20. The molecule has 1 aromatic heterocycles. The van der Waals surface area contributed by atoms with Crippen LogP contribution >= 0.6 is 0 Å². The van der Waals surface area contributed by atoms with Crippen molar-refractivity contribution in [3.63, 3.8) is 0 Å². The molecule has 6 heteroatoms. The molecule has 1 heterocycles. The van der Waals surface area contributed by atoms with Gasteiger partial charge in [-0.25, -0.2) is 0 Å². The zero-order valence-electron chi connectivity index (χ0n) is 13.4. The number of benzene rings is 2. The second kappa shape index (κ2) is 7.44. The fourth-order valence-electron chi connectivity index (χ4n) is 2.50. The normalized spacial score (nSPS) is 10.4. The molecule has 25 heavy (non-hydrogen) atoms. The van der Waals surface area contributed by atoms with Crippen LogP contribution in [-0.4, -0.2) is 15.7 Å². The SMILES string of the molecule is O=C(c1ccc([N+](=O)[O-])o1)N(Cc1ccccc1)Cc1ccccc1. The van der Waals surface area contributed by atoms with Gasteiger partial charge in [-0.2, -0.15) is 0 Å². The van der Waals surface area contributed by atoms with E-state index in [1.165, 1.54) is 12.1 Å². The van der Waals surface area contributed by atoms with Crippen LogP contribution in [-0.2, 0) is 13.1 Å². The number of amides is 1. The number of rotatable bonds is 6. The maximum atomic E-state index is 12.8. The van der Waals surface area contributed by atoms with Crippen molar-refractivity contribution in [2.24, 2.45) is 0 Å². The van der Waals surface area contributed by atoms with Crippen molar-refractivity contribution in [2.45, 2.75) is 13.1 Å². The Bertz CT molecular complexity index is 818. The number of hydrogen-bond acceptors (Lipinski definition) is 4. The van der Waals surface area contributed by atoms with Crippen LogP contribution in [0.3, 0.4) is 0 Å². The zero-order chi connectivity index (χ0) is 17.6. The highest BCUT2D eigenvalue weighted by Gasteiger charge is 2.23. The van der Waals surface area contributed by atoms with Crippen molar-refractivity contribution in [3.8, 4) is 0 Å². The van der Waals surface area contributed by atoms with Crippen LogP contribution in [0, 0.1) is 10.1 Å². The summed E-state index contributed by atoms with van der Waals surface area (Å²) < 4.78 is 5.07. The Morgan fingerprint density at radius 1 is 0.880 bits per heavy atom. The number of hydrogen-bond donors (Lipinski definition) is 0. The van der Waals surface area contributed by atoms with Crippen molar-refractivity contribution < 1.29 is 14.1 Å². The summed E-state index contributed by atoms with van der Waals surface area (Å²) in [6.45, 7) is 0.756. The number of carbonyl (C=O) groups excluding carboxylic acids is 1. The van der Waals surface area contributed by atoms with E-state index in [0.29, 0.717) is 13.1 Å².